The molecule has 2 aliphatic rings. The zero-order valence-corrected chi connectivity index (χ0v) is 11.3. The van der Waals surface area contributed by atoms with E-state index in [0.717, 1.165) is 38.5 Å². The average molecular weight is 256 g/mol. The fraction of sp³-hybridized carbons (Fsp3) is 0.929. The van der Waals surface area contributed by atoms with E-state index in [2.05, 4.69) is 0 Å². The molecule has 18 heavy (non-hydrogen) atoms. The van der Waals surface area contributed by atoms with Crippen LogP contribution >= 0.6 is 0 Å². The lowest BCUT2D eigenvalue weighted by molar-refractivity contribution is -0.272. The Morgan fingerprint density at radius 3 is 2.78 bits per heavy atom. The van der Waals surface area contributed by atoms with Crippen LogP contribution in [0.1, 0.15) is 57.8 Å². The summed E-state index contributed by atoms with van der Waals surface area (Å²) in [5.74, 6) is -0.933. The van der Waals surface area contributed by atoms with Gasteiger partial charge in [-0.15, -0.1) is 0 Å². The molecule has 0 aromatic heterocycles. The van der Waals surface area contributed by atoms with Crippen LogP contribution in [0.4, 0.5) is 0 Å². The first-order valence-corrected chi connectivity index (χ1v) is 7.13. The zero-order chi connectivity index (χ0) is 12.8. The monoisotopic (exact) mass is 256 g/mol. The summed E-state index contributed by atoms with van der Waals surface area (Å²) >= 11 is 0. The number of esters is 1. The lowest BCUT2D eigenvalue weighted by atomic mass is 9.95. The van der Waals surface area contributed by atoms with E-state index in [1.807, 2.05) is 0 Å². The molecule has 2 aliphatic heterocycles. The Morgan fingerprint density at radius 2 is 1.94 bits per heavy atom. The standard InChI is InChI=1S/C14H24O4/c1-16-14-9-6-8-12(18-14)7-4-2-3-5-10-17-13(15)11-14/h12H,2-11H2,1H3/t12-,14-/m0/s1. The maximum atomic E-state index is 11.8. The van der Waals surface area contributed by atoms with Gasteiger partial charge in [0.2, 0.25) is 0 Å². The molecule has 0 aromatic carbocycles. The third-order valence-corrected chi connectivity index (χ3v) is 3.93. The molecule has 0 saturated carbocycles. The van der Waals surface area contributed by atoms with Crippen molar-refractivity contribution in [3.8, 4) is 0 Å². The molecule has 2 saturated heterocycles. The van der Waals surface area contributed by atoms with Gasteiger partial charge in [0.1, 0.15) is 0 Å². The van der Waals surface area contributed by atoms with Gasteiger partial charge in [0.05, 0.1) is 19.1 Å². The van der Waals surface area contributed by atoms with Gasteiger partial charge in [-0.2, -0.15) is 0 Å². The van der Waals surface area contributed by atoms with E-state index < -0.39 is 5.79 Å². The summed E-state index contributed by atoms with van der Waals surface area (Å²) in [6.45, 7) is 0.530. The van der Waals surface area contributed by atoms with Crippen molar-refractivity contribution in [3.63, 3.8) is 0 Å². The molecule has 0 unspecified atom stereocenters. The number of carbonyl (C=O) groups excluding carboxylic acids is 1. The van der Waals surface area contributed by atoms with Crippen molar-refractivity contribution < 1.29 is 19.0 Å². The van der Waals surface area contributed by atoms with Gasteiger partial charge in [-0.05, 0) is 25.7 Å². The summed E-state index contributed by atoms with van der Waals surface area (Å²) in [6, 6.07) is 0. The van der Waals surface area contributed by atoms with E-state index in [4.69, 9.17) is 14.2 Å². The van der Waals surface area contributed by atoms with Crippen molar-refractivity contribution in [2.45, 2.75) is 69.7 Å². The quantitative estimate of drug-likeness (QED) is 0.677. The van der Waals surface area contributed by atoms with Crippen LogP contribution in [0.15, 0.2) is 0 Å². The molecule has 4 heteroatoms. The van der Waals surface area contributed by atoms with Crippen molar-refractivity contribution in [1.82, 2.24) is 0 Å². The highest BCUT2D eigenvalue weighted by Gasteiger charge is 2.39. The maximum absolute atomic E-state index is 11.8. The molecule has 0 aliphatic carbocycles. The number of ether oxygens (including phenoxy) is 3. The zero-order valence-electron chi connectivity index (χ0n) is 11.3. The molecule has 2 rings (SSSR count). The van der Waals surface area contributed by atoms with Crippen LogP contribution in [0.3, 0.4) is 0 Å². The summed E-state index contributed by atoms with van der Waals surface area (Å²) in [5, 5.41) is 0. The van der Waals surface area contributed by atoms with Crippen LogP contribution in [-0.4, -0.2) is 31.6 Å². The third-order valence-electron chi connectivity index (χ3n) is 3.93. The highest BCUT2D eigenvalue weighted by Crippen LogP contribution is 2.34. The van der Waals surface area contributed by atoms with Gasteiger partial charge in [-0.25, -0.2) is 0 Å². The van der Waals surface area contributed by atoms with E-state index >= 15 is 0 Å². The molecule has 0 spiro atoms. The predicted molar refractivity (Wildman–Crippen MR) is 67.1 cm³/mol. The van der Waals surface area contributed by atoms with Crippen LogP contribution in [0.2, 0.25) is 0 Å². The third kappa shape index (κ3) is 3.69. The SMILES string of the molecule is CO[C@]12CCC[C@H](CCCCCCOC(=O)C1)O2. The van der Waals surface area contributed by atoms with Crippen LogP contribution < -0.4 is 0 Å². The first kappa shape index (κ1) is 13.8. The van der Waals surface area contributed by atoms with Gasteiger partial charge in [0.15, 0.2) is 5.79 Å². The van der Waals surface area contributed by atoms with Crippen LogP contribution in [0.5, 0.6) is 0 Å². The van der Waals surface area contributed by atoms with Crippen molar-refractivity contribution in [2.75, 3.05) is 13.7 Å². The Bertz CT molecular complexity index is 279. The lowest BCUT2D eigenvalue weighted by Gasteiger charge is -2.39. The minimum atomic E-state index is -0.737. The van der Waals surface area contributed by atoms with Crippen molar-refractivity contribution in [1.29, 1.82) is 0 Å². The first-order valence-electron chi connectivity index (χ1n) is 7.13. The summed E-state index contributed by atoms with van der Waals surface area (Å²) in [4.78, 5) is 11.8. The molecule has 104 valence electrons. The molecular weight excluding hydrogens is 232 g/mol. The van der Waals surface area contributed by atoms with E-state index in [0.29, 0.717) is 6.61 Å². The van der Waals surface area contributed by atoms with Gasteiger partial charge >= 0.3 is 5.97 Å². The van der Waals surface area contributed by atoms with Gasteiger partial charge in [0.25, 0.3) is 0 Å². The molecule has 2 fully saturated rings. The summed E-state index contributed by atoms with van der Waals surface area (Å²) < 4.78 is 16.8. The Balaban J connectivity index is 2.02. The van der Waals surface area contributed by atoms with E-state index in [1.165, 1.54) is 12.8 Å². The fourth-order valence-electron chi connectivity index (χ4n) is 2.86. The Kier molecular flexibility index (Phi) is 5.01. The summed E-state index contributed by atoms with van der Waals surface area (Å²) in [5.41, 5.74) is 0. The van der Waals surface area contributed by atoms with E-state index in [-0.39, 0.29) is 18.5 Å². The highest BCUT2D eigenvalue weighted by molar-refractivity contribution is 5.70. The van der Waals surface area contributed by atoms with Crippen LogP contribution in [-0.2, 0) is 19.0 Å². The smallest absolute Gasteiger partial charge is 0.311 e. The lowest BCUT2D eigenvalue weighted by Crippen LogP contribution is -2.44. The van der Waals surface area contributed by atoms with Crippen LogP contribution in [0, 0.1) is 0 Å². The van der Waals surface area contributed by atoms with Crippen molar-refractivity contribution in [2.24, 2.45) is 0 Å². The van der Waals surface area contributed by atoms with Gasteiger partial charge in [-0.1, -0.05) is 19.3 Å². The van der Waals surface area contributed by atoms with E-state index in [1.54, 1.807) is 7.11 Å². The molecule has 0 N–H and O–H groups in total. The number of rotatable bonds is 1. The minimum Gasteiger partial charge on any atom is -0.466 e. The largest absolute Gasteiger partial charge is 0.466 e. The molecular formula is C14H24O4. The first-order chi connectivity index (χ1) is 8.74. The molecule has 0 radical (unpaired) electrons. The average Bonchev–Trinajstić information content (AvgIpc) is 2.37. The Morgan fingerprint density at radius 1 is 1.17 bits per heavy atom. The van der Waals surface area contributed by atoms with E-state index in [9.17, 15) is 4.79 Å². The fourth-order valence-corrected chi connectivity index (χ4v) is 2.86. The van der Waals surface area contributed by atoms with Crippen LogP contribution in [0.25, 0.3) is 0 Å². The highest BCUT2D eigenvalue weighted by atomic mass is 16.7. The van der Waals surface area contributed by atoms with Gasteiger partial charge in [0, 0.05) is 13.5 Å². The Hall–Kier alpha value is -0.610. The second kappa shape index (κ2) is 6.53. The number of hydrogen-bond donors (Lipinski definition) is 0. The van der Waals surface area contributed by atoms with Crippen molar-refractivity contribution in [3.05, 3.63) is 0 Å². The number of cyclic esters (lactones) is 1. The number of carbonyl (C=O) groups is 1. The maximum Gasteiger partial charge on any atom is 0.311 e. The number of fused-ring (bicyclic) bond motifs is 2. The van der Waals surface area contributed by atoms with Gasteiger partial charge in [-0.3, -0.25) is 4.79 Å². The van der Waals surface area contributed by atoms with Gasteiger partial charge < -0.3 is 14.2 Å². The molecule has 0 amide bonds. The molecule has 2 heterocycles. The second-order valence-electron chi connectivity index (χ2n) is 5.35. The summed E-state index contributed by atoms with van der Waals surface area (Å²) in [6.07, 6.45) is 8.97. The minimum absolute atomic E-state index is 0.196. The topological polar surface area (TPSA) is 44.8 Å². The Labute approximate surface area is 109 Å². The van der Waals surface area contributed by atoms with Crippen molar-refractivity contribution >= 4 is 5.97 Å². The molecule has 2 atom stereocenters. The summed E-state index contributed by atoms with van der Waals surface area (Å²) in [7, 11) is 1.63. The number of methoxy groups -OCH3 is 1. The molecule has 4 nitrogen and oxygen atoms in total. The predicted octanol–water partition coefficient (Wildman–Crippen LogP) is 2.80. The normalized spacial score (nSPS) is 35.2. The second-order valence-corrected chi connectivity index (χ2v) is 5.35. The number of hydrogen-bond acceptors (Lipinski definition) is 4. The molecule has 0 aromatic rings. The molecule has 2 bridgehead atoms.